The summed E-state index contributed by atoms with van der Waals surface area (Å²) < 4.78 is 22.8. The van der Waals surface area contributed by atoms with Gasteiger partial charge in [-0.05, 0) is 29.5 Å². The molecule has 1 atom stereocenters. The van der Waals surface area contributed by atoms with Crippen molar-refractivity contribution >= 4 is 13.5 Å². The van der Waals surface area contributed by atoms with Crippen molar-refractivity contribution in [3.05, 3.63) is 29.8 Å². The summed E-state index contributed by atoms with van der Waals surface area (Å²) in [6.45, 7) is 6.28. The molecule has 0 aliphatic carbocycles. The Hall–Kier alpha value is 0.140. The second-order valence-electron chi connectivity index (χ2n) is 4.41. The maximum absolute atomic E-state index is 12.4. The average Bonchev–Trinajstić information content (AvgIpc) is 2.16. The molecule has 0 saturated heterocycles. The summed E-state index contributed by atoms with van der Waals surface area (Å²) in [5.74, 6) is 0. The molecule has 1 N–H and O–H groups in total. The van der Waals surface area contributed by atoms with Gasteiger partial charge in [0.25, 0.3) is 7.83 Å². The Morgan fingerprint density at radius 2 is 1.82 bits per heavy atom. The van der Waals surface area contributed by atoms with Crippen molar-refractivity contribution in [3.8, 4) is 0 Å². The topological polar surface area (TPSA) is 52.2 Å². The third-order valence-corrected chi connectivity index (χ3v) is 3.34. The standard InChI is InChI=1S/C11H17FNO2P.Na/c1-4-11(2,3)9-5-7-10(8-6-9)13-16(12,14)15;/h5-8H,4H2,1-3H3,(H2,13,14,15);/q;+1/p-1. The average molecular weight is 267 g/mol. The summed E-state index contributed by atoms with van der Waals surface area (Å²) in [5.41, 5.74) is 1.38. The Bertz CT molecular complexity index is 402. The van der Waals surface area contributed by atoms with E-state index in [0.717, 1.165) is 12.0 Å². The van der Waals surface area contributed by atoms with Crippen LogP contribution >= 0.6 is 7.83 Å². The van der Waals surface area contributed by atoms with E-state index >= 15 is 0 Å². The van der Waals surface area contributed by atoms with Crippen LogP contribution in [0.5, 0.6) is 0 Å². The van der Waals surface area contributed by atoms with Gasteiger partial charge in [0.05, 0.1) is 0 Å². The Labute approximate surface area is 124 Å². The van der Waals surface area contributed by atoms with Crippen LogP contribution in [-0.2, 0) is 9.98 Å². The van der Waals surface area contributed by atoms with E-state index in [4.69, 9.17) is 0 Å². The van der Waals surface area contributed by atoms with E-state index in [1.54, 1.807) is 12.1 Å². The maximum Gasteiger partial charge on any atom is 1.00 e. The molecular formula is C11H16FNNaO2P. The molecule has 0 bridgehead atoms. The Kier molecular flexibility index (Phi) is 6.40. The first-order valence-corrected chi connectivity index (χ1v) is 6.66. The van der Waals surface area contributed by atoms with Gasteiger partial charge in [0.2, 0.25) is 0 Å². The normalized spacial score (nSPS) is 14.6. The van der Waals surface area contributed by atoms with Crippen LogP contribution in [0, 0.1) is 0 Å². The molecule has 0 aliphatic heterocycles. The Morgan fingerprint density at radius 3 is 2.18 bits per heavy atom. The zero-order chi connectivity index (χ0) is 12.4. The van der Waals surface area contributed by atoms with Gasteiger partial charge >= 0.3 is 29.6 Å². The largest absolute Gasteiger partial charge is 1.00 e. The van der Waals surface area contributed by atoms with Crippen LogP contribution in [0.3, 0.4) is 0 Å². The second kappa shape index (κ2) is 6.35. The number of rotatable bonds is 4. The van der Waals surface area contributed by atoms with E-state index in [0.29, 0.717) is 0 Å². The van der Waals surface area contributed by atoms with Gasteiger partial charge in [0.15, 0.2) is 0 Å². The first-order valence-electron chi connectivity index (χ1n) is 5.14. The monoisotopic (exact) mass is 267 g/mol. The third-order valence-electron chi connectivity index (χ3n) is 2.81. The molecule has 0 spiro atoms. The number of anilines is 1. The van der Waals surface area contributed by atoms with Crippen LogP contribution in [0.4, 0.5) is 9.88 Å². The van der Waals surface area contributed by atoms with E-state index in [1.165, 1.54) is 0 Å². The van der Waals surface area contributed by atoms with Crippen molar-refractivity contribution in [1.82, 2.24) is 0 Å². The molecular weight excluding hydrogens is 251 g/mol. The van der Waals surface area contributed by atoms with Crippen molar-refractivity contribution in [2.45, 2.75) is 32.6 Å². The van der Waals surface area contributed by atoms with Gasteiger partial charge in [-0.2, -0.15) is 4.20 Å². The zero-order valence-electron chi connectivity index (χ0n) is 10.7. The first-order chi connectivity index (χ1) is 7.24. The van der Waals surface area contributed by atoms with Crippen LogP contribution in [-0.4, -0.2) is 0 Å². The van der Waals surface area contributed by atoms with Crippen LogP contribution in [0.1, 0.15) is 32.8 Å². The van der Waals surface area contributed by atoms with Crippen molar-refractivity contribution < 1.29 is 43.2 Å². The van der Waals surface area contributed by atoms with E-state index in [2.05, 4.69) is 20.8 Å². The summed E-state index contributed by atoms with van der Waals surface area (Å²) in [5, 5.41) is 1.81. The number of hydrogen-bond donors (Lipinski definition) is 1. The molecule has 0 fully saturated rings. The summed E-state index contributed by atoms with van der Waals surface area (Å²) in [6, 6.07) is 6.75. The minimum absolute atomic E-state index is 0. The summed E-state index contributed by atoms with van der Waals surface area (Å²) in [7, 11) is -4.95. The van der Waals surface area contributed by atoms with Crippen molar-refractivity contribution in [1.29, 1.82) is 0 Å². The van der Waals surface area contributed by atoms with Gasteiger partial charge < -0.3 is 9.98 Å². The van der Waals surface area contributed by atoms with Gasteiger partial charge in [0, 0.05) is 5.69 Å². The van der Waals surface area contributed by atoms with Gasteiger partial charge in [-0.3, -0.25) is 4.57 Å². The predicted molar refractivity (Wildman–Crippen MR) is 62.1 cm³/mol. The molecule has 1 aromatic rings. The Balaban J connectivity index is 0.00000256. The minimum Gasteiger partial charge on any atom is -0.758 e. The molecule has 1 aromatic carbocycles. The fraction of sp³-hybridized carbons (Fsp3) is 0.455. The van der Waals surface area contributed by atoms with Crippen molar-refractivity contribution in [3.63, 3.8) is 0 Å². The fourth-order valence-corrected chi connectivity index (χ4v) is 1.81. The van der Waals surface area contributed by atoms with Gasteiger partial charge in [0.1, 0.15) is 0 Å². The van der Waals surface area contributed by atoms with Gasteiger partial charge in [-0.1, -0.05) is 32.9 Å². The summed E-state index contributed by atoms with van der Waals surface area (Å²) in [6.07, 6.45) is 0.975. The number of benzene rings is 1. The molecule has 6 heteroatoms. The number of nitrogens with one attached hydrogen (secondary N) is 1. The molecule has 90 valence electrons. The predicted octanol–water partition coefficient (Wildman–Crippen LogP) is 0.228. The maximum atomic E-state index is 12.4. The second-order valence-corrected chi connectivity index (χ2v) is 5.59. The van der Waals surface area contributed by atoms with Crippen molar-refractivity contribution in [2.24, 2.45) is 0 Å². The van der Waals surface area contributed by atoms with Crippen LogP contribution in [0.25, 0.3) is 0 Å². The SMILES string of the molecule is CCC(C)(C)c1ccc(NP(=O)([O-])F)cc1.[Na+]. The molecule has 1 rings (SSSR count). The molecule has 0 amide bonds. The molecule has 0 aliphatic rings. The van der Waals surface area contributed by atoms with E-state index in [1.807, 2.05) is 17.2 Å². The molecule has 0 saturated carbocycles. The van der Waals surface area contributed by atoms with Crippen LogP contribution in [0.2, 0.25) is 0 Å². The Morgan fingerprint density at radius 1 is 1.35 bits per heavy atom. The van der Waals surface area contributed by atoms with Gasteiger partial charge in [-0.25, -0.2) is 0 Å². The minimum atomic E-state index is -4.95. The number of hydrogen-bond acceptors (Lipinski definition) is 2. The molecule has 0 radical (unpaired) electrons. The van der Waals surface area contributed by atoms with E-state index in [9.17, 15) is 13.7 Å². The molecule has 1 unspecified atom stereocenters. The third kappa shape index (κ3) is 5.54. The molecule has 3 nitrogen and oxygen atoms in total. The smallest absolute Gasteiger partial charge is 0.758 e. The van der Waals surface area contributed by atoms with E-state index < -0.39 is 7.83 Å². The molecule has 0 aromatic heterocycles. The summed E-state index contributed by atoms with van der Waals surface area (Å²) >= 11 is 0. The van der Waals surface area contributed by atoms with Crippen molar-refractivity contribution in [2.75, 3.05) is 5.09 Å². The van der Waals surface area contributed by atoms with Gasteiger partial charge in [-0.15, -0.1) is 0 Å². The number of halogens is 1. The van der Waals surface area contributed by atoms with Crippen LogP contribution < -0.4 is 39.5 Å². The van der Waals surface area contributed by atoms with E-state index in [-0.39, 0.29) is 40.7 Å². The summed E-state index contributed by atoms with van der Waals surface area (Å²) in [4.78, 5) is 10.4. The molecule has 17 heavy (non-hydrogen) atoms. The molecule has 0 heterocycles. The quantitative estimate of drug-likeness (QED) is 0.627. The fourth-order valence-electron chi connectivity index (χ4n) is 1.35. The van der Waals surface area contributed by atoms with Crippen LogP contribution in [0.15, 0.2) is 24.3 Å². The first kappa shape index (κ1) is 17.1. The zero-order valence-corrected chi connectivity index (χ0v) is 13.6.